The van der Waals surface area contributed by atoms with Crippen LogP contribution < -0.4 is 4.74 Å². The Morgan fingerprint density at radius 1 is 1.21 bits per heavy atom. The second-order valence-corrected chi connectivity index (χ2v) is 2.78. The molecule has 0 saturated heterocycles. The zero-order valence-electron chi connectivity index (χ0n) is 7.57. The summed E-state index contributed by atoms with van der Waals surface area (Å²) in [5.41, 5.74) is -0.974. The predicted molar refractivity (Wildman–Crippen MR) is 42.7 cm³/mol. The van der Waals surface area contributed by atoms with Crippen LogP contribution in [0.4, 0.5) is 17.6 Å². The number of ether oxygens (including phenoxy) is 1. The molecule has 0 spiro atoms. The second kappa shape index (κ2) is 3.48. The van der Waals surface area contributed by atoms with E-state index >= 15 is 0 Å². The van der Waals surface area contributed by atoms with E-state index in [1.54, 1.807) is 0 Å². The van der Waals surface area contributed by atoms with Crippen molar-refractivity contribution >= 4 is 0 Å². The van der Waals surface area contributed by atoms with Gasteiger partial charge in [-0.15, -0.1) is 0 Å². The van der Waals surface area contributed by atoms with Crippen molar-refractivity contribution in [3.63, 3.8) is 0 Å². The van der Waals surface area contributed by atoms with Crippen LogP contribution in [0.3, 0.4) is 0 Å². The van der Waals surface area contributed by atoms with Gasteiger partial charge in [-0.25, -0.2) is 4.39 Å². The van der Waals surface area contributed by atoms with Crippen molar-refractivity contribution in [3.05, 3.63) is 29.1 Å². The van der Waals surface area contributed by atoms with Gasteiger partial charge < -0.3 is 4.74 Å². The largest absolute Gasteiger partial charge is 0.493 e. The Balaban J connectivity index is 3.39. The van der Waals surface area contributed by atoms with E-state index in [1.165, 1.54) is 6.92 Å². The van der Waals surface area contributed by atoms with Crippen LogP contribution in [-0.2, 0) is 6.18 Å². The molecular weight excluding hydrogens is 200 g/mol. The molecule has 0 amide bonds. The molecule has 1 aromatic rings. The normalized spacial score (nSPS) is 11.6. The van der Waals surface area contributed by atoms with Crippen molar-refractivity contribution in [1.29, 1.82) is 0 Å². The quantitative estimate of drug-likeness (QED) is 0.644. The molecule has 0 bridgehead atoms. The molecule has 0 unspecified atom stereocenters. The van der Waals surface area contributed by atoms with Gasteiger partial charge in [-0.3, -0.25) is 0 Å². The summed E-state index contributed by atoms with van der Waals surface area (Å²) in [7, 11) is 1.01. The minimum absolute atomic E-state index is 0.120. The van der Waals surface area contributed by atoms with Crippen LogP contribution in [0.25, 0.3) is 0 Å². The Labute approximate surface area is 78.3 Å². The smallest absolute Gasteiger partial charge is 0.420 e. The van der Waals surface area contributed by atoms with E-state index in [0.29, 0.717) is 0 Å². The summed E-state index contributed by atoms with van der Waals surface area (Å²) in [6.07, 6.45) is -4.60. The van der Waals surface area contributed by atoms with Gasteiger partial charge >= 0.3 is 6.18 Å². The number of methoxy groups -OCH3 is 1. The highest BCUT2D eigenvalue weighted by atomic mass is 19.4. The van der Waals surface area contributed by atoms with E-state index in [0.717, 1.165) is 19.2 Å². The van der Waals surface area contributed by atoms with Crippen molar-refractivity contribution in [1.82, 2.24) is 0 Å². The van der Waals surface area contributed by atoms with Crippen molar-refractivity contribution in [2.24, 2.45) is 0 Å². The Kier molecular flexibility index (Phi) is 2.69. The van der Waals surface area contributed by atoms with Crippen LogP contribution in [0, 0.1) is 12.7 Å². The Bertz CT molecular complexity index is 343. The molecule has 0 heterocycles. The zero-order valence-corrected chi connectivity index (χ0v) is 7.57. The lowest BCUT2D eigenvalue weighted by molar-refractivity contribution is -0.139. The summed E-state index contributed by atoms with van der Waals surface area (Å²) >= 11 is 0. The molecule has 0 aliphatic rings. The first-order valence-electron chi connectivity index (χ1n) is 3.78. The maximum atomic E-state index is 13.2. The highest BCUT2D eigenvalue weighted by Gasteiger charge is 2.35. The molecule has 78 valence electrons. The summed E-state index contributed by atoms with van der Waals surface area (Å²) in [6.45, 7) is 1.37. The molecule has 0 fully saturated rings. The van der Waals surface area contributed by atoms with Crippen molar-refractivity contribution in [2.75, 3.05) is 7.11 Å². The van der Waals surface area contributed by atoms with E-state index in [1.807, 2.05) is 0 Å². The van der Waals surface area contributed by atoms with E-state index in [9.17, 15) is 17.6 Å². The number of alkyl halides is 3. The summed E-state index contributed by atoms with van der Waals surface area (Å²) in [5.74, 6) is -1.72. The summed E-state index contributed by atoms with van der Waals surface area (Å²) < 4.78 is 54.5. The SMILES string of the molecule is COc1c(C(F)(F)F)ccc(C)c1F. The van der Waals surface area contributed by atoms with Gasteiger partial charge in [0, 0.05) is 0 Å². The van der Waals surface area contributed by atoms with Crippen molar-refractivity contribution in [3.8, 4) is 5.75 Å². The van der Waals surface area contributed by atoms with Gasteiger partial charge in [0.05, 0.1) is 7.11 Å². The van der Waals surface area contributed by atoms with E-state index in [2.05, 4.69) is 4.74 Å². The topological polar surface area (TPSA) is 9.23 Å². The number of rotatable bonds is 1. The van der Waals surface area contributed by atoms with E-state index < -0.39 is 23.3 Å². The molecule has 0 radical (unpaired) electrons. The summed E-state index contributed by atoms with van der Waals surface area (Å²) in [4.78, 5) is 0. The maximum absolute atomic E-state index is 13.2. The van der Waals surface area contributed by atoms with Gasteiger partial charge in [-0.2, -0.15) is 13.2 Å². The molecule has 14 heavy (non-hydrogen) atoms. The van der Waals surface area contributed by atoms with Gasteiger partial charge in [0.1, 0.15) is 5.56 Å². The molecule has 0 aliphatic carbocycles. The third kappa shape index (κ3) is 1.81. The van der Waals surface area contributed by atoms with Crippen LogP contribution in [0.5, 0.6) is 5.75 Å². The molecular formula is C9H8F4O. The Hall–Kier alpha value is -1.26. The lowest BCUT2D eigenvalue weighted by Gasteiger charge is -2.13. The minimum atomic E-state index is -4.60. The Morgan fingerprint density at radius 2 is 1.79 bits per heavy atom. The number of benzene rings is 1. The molecule has 0 aromatic heterocycles. The molecule has 1 nitrogen and oxygen atoms in total. The number of hydrogen-bond acceptors (Lipinski definition) is 1. The van der Waals surface area contributed by atoms with Crippen LogP contribution in [0.2, 0.25) is 0 Å². The van der Waals surface area contributed by atoms with Crippen molar-refractivity contribution in [2.45, 2.75) is 13.1 Å². The third-order valence-corrected chi connectivity index (χ3v) is 1.80. The van der Waals surface area contributed by atoms with Crippen LogP contribution in [-0.4, -0.2) is 7.11 Å². The van der Waals surface area contributed by atoms with Gasteiger partial charge in [-0.1, -0.05) is 6.07 Å². The van der Waals surface area contributed by atoms with Crippen LogP contribution >= 0.6 is 0 Å². The lowest BCUT2D eigenvalue weighted by Crippen LogP contribution is -2.09. The third-order valence-electron chi connectivity index (χ3n) is 1.80. The van der Waals surface area contributed by atoms with E-state index in [4.69, 9.17) is 0 Å². The fourth-order valence-corrected chi connectivity index (χ4v) is 1.08. The fraction of sp³-hybridized carbons (Fsp3) is 0.333. The first kappa shape index (κ1) is 10.8. The molecule has 1 aromatic carbocycles. The van der Waals surface area contributed by atoms with Gasteiger partial charge in [-0.05, 0) is 18.6 Å². The lowest BCUT2D eigenvalue weighted by atomic mass is 10.1. The van der Waals surface area contributed by atoms with Crippen LogP contribution in [0.15, 0.2) is 12.1 Å². The molecule has 0 N–H and O–H groups in total. The van der Waals surface area contributed by atoms with Crippen molar-refractivity contribution < 1.29 is 22.3 Å². The zero-order chi connectivity index (χ0) is 10.9. The summed E-state index contributed by atoms with van der Waals surface area (Å²) in [6, 6.07) is 1.87. The molecule has 0 aliphatic heterocycles. The summed E-state index contributed by atoms with van der Waals surface area (Å²) in [5, 5.41) is 0. The Morgan fingerprint density at radius 3 is 2.21 bits per heavy atom. The predicted octanol–water partition coefficient (Wildman–Crippen LogP) is 3.16. The highest BCUT2D eigenvalue weighted by molar-refractivity contribution is 5.40. The molecule has 1 rings (SSSR count). The highest BCUT2D eigenvalue weighted by Crippen LogP contribution is 2.38. The van der Waals surface area contributed by atoms with Gasteiger partial charge in [0.15, 0.2) is 11.6 Å². The average Bonchev–Trinajstić information content (AvgIpc) is 2.07. The number of halogens is 4. The van der Waals surface area contributed by atoms with Gasteiger partial charge in [0.2, 0.25) is 0 Å². The number of aryl methyl sites for hydroxylation is 1. The second-order valence-electron chi connectivity index (χ2n) is 2.78. The average molecular weight is 208 g/mol. The van der Waals surface area contributed by atoms with Crippen LogP contribution in [0.1, 0.15) is 11.1 Å². The number of hydrogen-bond donors (Lipinski definition) is 0. The molecule has 0 saturated carbocycles. The monoisotopic (exact) mass is 208 g/mol. The molecule has 5 heteroatoms. The first-order chi connectivity index (χ1) is 6.38. The van der Waals surface area contributed by atoms with Gasteiger partial charge in [0.25, 0.3) is 0 Å². The minimum Gasteiger partial charge on any atom is -0.493 e. The maximum Gasteiger partial charge on any atom is 0.420 e. The fourth-order valence-electron chi connectivity index (χ4n) is 1.08. The first-order valence-corrected chi connectivity index (χ1v) is 3.78. The van der Waals surface area contributed by atoms with E-state index in [-0.39, 0.29) is 5.56 Å². The molecule has 0 atom stereocenters. The standard InChI is InChI=1S/C9H8F4O/c1-5-3-4-6(9(11,12)13)8(14-2)7(5)10/h3-4H,1-2H3.